The normalized spacial score (nSPS) is 11.1. The van der Waals surface area contributed by atoms with E-state index in [4.69, 9.17) is 9.15 Å². The molecule has 0 saturated carbocycles. The van der Waals surface area contributed by atoms with Crippen LogP contribution in [0.1, 0.15) is 30.9 Å². The van der Waals surface area contributed by atoms with Crippen molar-refractivity contribution in [2.75, 3.05) is 6.26 Å². The van der Waals surface area contributed by atoms with E-state index in [0.717, 1.165) is 29.4 Å². The summed E-state index contributed by atoms with van der Waals surface area (Å²) in [5.74, 6) is 2.77. The van der Waals surface area contributed by atoms with Gasteiger partial charge in [0.15, 0.2) is 0 Å². The van der Waals surface area contributed by atoms with E-state index in [1.807, 2.05) is 19.1 Å². The van der Waals surface area contributed by atoms with Crippen LogP contribution in [-0.4, -0.2) is 12.3 Å². The summed E-state index contributed by atoms with van der Waals surface area (Å²) in [6, 6.07) is 10.7. The van der Waals surface area contributed by atoms with E-state index in [9.17, 15) is 0 Å². The van der Waals surface area contributed by atoms with Crippen molar-refractivity contribution in [3.63, 3.8) is 0 Å². The van der Waals surface area contributed by atoms with E-state index in [1.165, 1.54) is 4.90 Å². The van der Waals surface area contributed by atoms with Gasteiger partial charge < -0.3 is 14.5 Å². The molecule has 0 unspecified atom stereocenters. The molecule has 21 heavy (non-hydrogen) atoms. The van der Waals surface area contributed by atoms with Gasteiger partial charge in [0.25, 0.3) is 0 Å². The molecule has 1 N–H and O–H groups in total. The van der Waals surface area contributed by atoms with Crippen LogP contribution in [0.25, 0.3) is 0 Å². The van der Waals surface area contributed by atoms with E-state index >= 15 is 0 Å². The summed E-state index contributed by atoms with van der Waals surface area (Å²) in [6.45, 7) is 7.51. The Bertz CT molecular complexity index is 561. The molecule has 0 fully saturated rings. The Morgan fingerprint density at radius 1 is 1.24 bits per heavy atom. The van der Waals surface area contributed by atoms with Gasteiger partial charge in [0.05, 0.1) is 6.54 Å². The number of ether oxygens (including phenoxy) is 1. The van der Waals surface area contributed by atoms with Crippen LogP contribution >= 0.6 is 11.8 Å². The number of aryl methyl sites for hydroxylation is 1. The number of furan rings is 1. The number of hydrogen-bond acceptors (Lipinski definition) is 4. The van der Waals surface area contributed by atoms with Crippen molar-refractivity contribution >= 4 is 11.8 Å². The molecule has 0 atom stereocenters. The first kappa shape index (κ1) is 16.0. The van der Waals surface area contributed by atoms with Gasteiger partial charge in [-0.2, -0.15) is 0 Å². The number of nitrogens with one attached hydrogen (secondary N) is 1. The lowest BCUT2D eigenvalue weighted by molar-refractivity contribution is 0.302. The lowest BCUT2D eigenvalue weighted by Gasteiger charge is -2.05. The van der Waals surface area contributed by atoms with E-state index in [0.29, 0.717) is 12.6 Å². The van der Waals surface area contributed by atoms with E-state index in [-0.39, 0.29) is 0 Å². The van der Waals surface area contributed by atoms with Crippen molar-refractivity contribution in [3.8, 4) is 5.75 Å². The molecule has 0 spiro atoms. The lowest BCUT2D eigenvalue weighted by atomic mass is 10.2. The van der Waals surface area contributed by atoms with Crippen molar-refractivity contribution < 1.29 is 9.15 Å². The minimum Gasteiger partial charge on any atom is -0.489 e. The third kappa shape index (κ3) is 4.83. The van der Waals surface area contributed by atoms with Crippen molar-refractivity contribution in [2.45, 2.75) is 44.9 Å². The molecular weight excluding hydrogens is 282 g/mol. The van der Waals surface area contributed by atoms with Gasteiger partial charge in [-0.3, -0.25) is 0 Å². The van der Waals surface area contributed by atoms with Gasteiger partial charge in [0.1, 0.15) is 23.9 Å². The highest BCUT2D eigenvalue weighted by Gasteiger charge is 2.08. The van der Waals surface area contributed by atoms with Crippen LogP contribution in [-0.2, 0) is 13.2 Å². The standard InChI is InChI=1S/C17H23NO2S/c1-12(2)18-10-16-9-14(13(3)20-16)11-19-15-5-7-17(21-4)8-6-15/h5-9,12,18H,10-11H2,1-4H3. The highest BCUT2D eigenvalue weighted by Crippen LogP contribution is 2.21. The second-order valence-corrected chi connectivity index (χ2v) is 6.17. The first-order chi connectivity index (χ1) is 10.1. The van der Waals surface area contributed by atoms with Crippen LogP contribution in [0.4, 0.5) is 0 Å². The highest BCUT2D eigenvalue weighted by molar-refractivity contribution is 7.98. The van der Waals surface area contributed by atoms with Gasteiger partial charge in [0, 0.05) is 16.5 Å². The monoisotopic (exact) mass is 305 g/mol. The molecule has 4 heteroatoms. The molecule has 1 heterocycles. The topological polar surface area (TPSA) is 34.4 Å². The van der Waals surface area contributed by atoms with Crippen LogP contribution in [0.2, 0.25) is 0 Å². The molecular formula is C17H23NO2S. The summed E-state index contributed by atoms with van der Waals surface area (Å²) < 4.78 is 11.6. The maximum Gasteiger partial charge on any atom is 0.119 e. The van der Waals surface area contributed by atoms with Gasteiger partial charge in [-0.1, -0.05) is 13.8 Å². The third-order valence-corrected chi connectivity index (χ3v) is 3.95. The van der Waals surface area contributed by atoms with E-state index in [2.05, 4.69) is 43.6 Å². The fourth-order valence-electron chi connectivity index (χ4n) is 1.96. The molecule has 2 rings (SSSR count). The Kier molecular flexibility index (Phi) is 5.76. The van der Waals surface area contributed by atoms with Crippen molar-refractivity contribution in [3.05, 3.63) is 47.4 Å². The second-order valence-electron chi connectivity index (χ2n) is 5.29. The number of hydrogen-bond donors (Lipinski definition) is 1. The second kappa shape index (κ2) is 7.57. The smallest absolute Gasteiger partial charge is 0.119 e. The van der Waals surface area contributed by atoms with Gasteiger partial charge in [0.2, 0.25) is 0 Å². The van der Waals surface area contributed by atoms with Crippen LogP contribution < -0.4 is 10.1 Å². The van der Waals surface area contributed by atoms with Gasteiger partial charge in [-0.05, 0) is 43.5 Å². The zero-order valence-electron chi connectivity index (χ0n) is 13.1. The summed E-state index contributed by atoms with van der Waals surface area (Å²) in [7, 11) is 0. The summed E-state index contributed by atoms with van der Waals surface area (Å²) >= 11 is 1.73. The predicted molar refractivity (Wildman–Crippen MR) is 88.0 cm³/mol. The van der Waals surface area contributed by atoms with Gasteiger partial charge in [-0.15, -0.1) is 11.8 Å². The summed E-state index contributed by atoms with van der Waals surface area (Å²) in [5, 5.41) is 3.35. The fraction of sp³-hybridized carbons (Fsp3) is 0.412. The summed E-state index contributed by atoms with van der Waals surface area (Å²) in [4.78, 5) is 1.24. The zero-order chi connectivity index (χ0) is 15.2. The Hall–Kier alpha value is -1.39. The third-order valence-electron chi connectivity index (χ3n) is 3.21. The highest BCUT2D eigenvalue weighted by atomic mass is 32.2. The summed E-state index contributed by atoms with van der Waals surface area (Å²) in [6.07, 6.45) is 2.07. The maximum absolute atomic E-state index is 5.82. The number of benzene rings is 1. The van der Waals surface area contributed by atoms with E-state index in [1.54, 1.807) is 11.8 Å². The predicted octanol–water partition coefficient (Wildman–Crippen LogP) is 4.39. The van der Waals surface area contributed by atoms with Crippen LogP contribution in [0.15, 0.2) is 39.6 Å². The molecule has 0 aliphatic heterocycles. The first-order valence-corrected chi connectivity index (χ1v) is 8.39. The largest absolute Gasteiger partial charge is 0.489 e. The molecule has 0 bridgehead atoms. The molecule has 0 aliphatic carbocycles. The summed E-state index contributed by atoms with van der Waals surface area (Å²) in [5.41, 5.74) is 1.10. The molecule has 0 amide bonds. The average molecular weight is 305 g/mol. The Morgan fingerprint density at radius 3 is 2.57 bits per heavy atom. The minimum atomic E-state index is 0.449. The molecule has 2 aromatic rings. The Labute approximate surface area is 131 Å². The Morgan fingerprint density at radius 2 is 1.95 bits per heavy atom. The quantitative estimate of drug-likeness (QED) is 0.770. The van der Waals surface area contributed by atoms with Crippen LogP contribution in [0.5, 0.6) is 5.75 Å². The minimum absolute atomic E-state index is 0.449. The molecule has 114 valence electrons. The molecule has 0 aliphatic rings. The molecule has 3 nitrogen and oxygen atoms in total. The first-order valence-electron chi connectivity index (χ1n) is 7.17. The molecule has 0 saturated heterocycles. The molecule has 1 aromatic carbocycles. The molecule has 0 radical (unpaired) electrons. The van der Waals surface area contributed by atoms with Gasteiger partial charge in [-0.25, -0.2) is 0 Å². The molecule has 1 aromatic heterocycles. The van der Waals surface area contributed by atoms with Gasteiger partial charge >= 0.3 is 0 Å². The van der Waals surface area contributed by atoms with Crippen LogP contribution in [0, 0.1) is 6.92 Å². The van der Waals surface area contributed by atoms with E-state index < -0.39 is 0 Å². The van der Waals surface area contributed by atoms with Crippen molar-refractivity contribution in [1.29, 1.82) is 0 Å². The number of rotatable bonds is 7. The maximum atomic E-state index is 5.82. The zero-order valence-corrected chi connectivity index (χ0v) is 13.9. The SMILES string of the molecule is CSc1ccc(OCc2cc(CNC(C)C)oc2C)cc1. The van der Waals surface area contributed by atoms with Crippen LogP contribution in [0.3, 0.4) is 0 Å². The van der Waals surface area contributed by atoms with Crippen molar-refractivity contribution in [1.82, 2.24) is 5.32 Å². The Balaban J connectivity index is 1.92. The fourth-order valence-corrected chi connectivity index (χ4v) is 2.36. The number of thioether (sulfide) groups is 1. The van der Waals surface area contributed by atoms with Crippen molar-refractivity contribution in [2.24, 2.45) is 0 Å². The lowest BCUT2D eigenvalue weighted by Crippen LogP contribution is -2.21. The average Bonchev–Trinajstić information content (AvgIpc) is 2.84.